The SMILES string of the molecule is C[C@@H](NC(=O)C[NH+](C)Cc1ccccc1)c1ccc(Cl)cc1Cl. The second-order valence-corrected chi connectivity index (χ2v) is 6.59. The summed E-state index contributed by atoms with van der Waals surface area (Å²) in [5.41, 5.74) is 2.08. The lowest BCUT2D eigenvalue weighted by molar-refractivity contribution is -0.885. The van der Waals surface area contributed by atoms with E-state index >= 15 is 0 Å². The van der Waals surface area contributed by atoms with Gasteiger partial charge >= 0.3 is 0 Å². The maximum absolute atomic E-state index is 12.2. The Kier molecular flexibility index (Phi) is 6.46. The highest BCUT2D eigenvalue weighted by molar-refractivity contribution is 6.35. The van der Waals surface area contributed by atoms with Gasteiger partial charge in [0.2, 0.25) is 0 Å². The number of amides is 1. The summed E-state index contributed by atoms with van der Waals surface area (Å²) in [6.45, 7) is 3.13. The minimum atomic E-state index is -0.156. The smallest absolute Gasteiger partial charge is 0.275 e. The lowest BCUT2D eigenvalue weighted by Gasteiger charge is -2.18. The number of benzene rings is 2. The van der Waals surface area contributed by atoms with Crippen LogP contribution in [0.4, 0.5) is 0 Å². The second-order valence-electron chi connectivity index (χ2n) is 5.75. The molecule has 0 aliphatic rings. The molecule has 1 amide bonds. The van der Waals surface area contributed by atoms with Gasteiger partial charge in [-0.25, -0.2) is 0 Å². The highest BCUT2D eigenvalue weighted by Crippen LogP contribution is 2.25. The van der Waals surface area contributed by atoms with Gasteiger partial charge < -0.3 is 10.2 Å². The van der Waals surface area contributed by atoms with E-state index in [0.29, 0.717) is 16.6 Å². The first-order valence-corrected chi connectivity index (χ1v) is 8.31. The van der Waals surface area contributed by atoms with Gasteiger partial charge in [0.1, 0.15) is 6.54 Å². The van der Waals surface area contributed by atoms with Gasteiger partial charge in [-0.15, -0.1) is 0 Å². The summed E-state index contributed by atoms with van der Waals surface area (Å²) < 4.78 is 0. The third-order valence-corrected chi connectivity index (χ3v) is 4.18. The largest absolute Gasteiger partial charge is 0.345 e. The Morgan fingerprint density at radius 3 is 2.52 bits per heavy atom. The molecular formula is C18H21Cl2N2O+. The number of halogens is 2. The average Bonchev–Trinajstić information content (AvgIpc) is 2.47. The quantitative estimate of drug-likeness (QED) is 0.824. The molecule has 5 heteroatoms. The molecule has 2 aromatic rings. The molecule has 2 aromatic carbocycles. The van der Waals surface area contributed by atoms with Crippen molar-refractivity contribution in [1.29, 1.82) is 0 Å². The Hall–Kier alpha value is -1.55. The molecule has 0 bridgehead atoms. The summed E-state index contributed by atoms with van der Waals surface area (Å²) in [5, 5.41) is 4.14. The van der Waals surface area contributed by atoms with Crippen LogP contribution in [0.1, 0.15) is 24.1 Å². The molecule has 2 atom stereocenters. The van der Waals surface area contributed by atoms with E-state index in [4.69, 9.17) is 23.2 Å². The fourth-order valence-electron chi connectivity index (χ4n) is 2.50. The fourth-order valence-corrected chi connectivity index (χ4v) is 3.08. The predicted octanol–water partition coefficient (Wildman–Crippen LogP) is 2.89. The minimum Gasteiger partial charge on any atom is -0.345 e. The molecule has 0 spiro atoms. The number of rotatable bonds is 6. The molecule has 0 radical (unpaired) electrons. The molecule has 3 nitrogen and oxygen atoms in total. The van der Waals surface area contributed by atoms with Gasteiger partial charge in [0, 0.05) is 15.6 Å². The van der Waals surface area contributed by atoms with Crippen LogP contribution in [-0.2, 0) is 11.3 Å². The zero-order valence-electron chi connectivity index (χ0n) is 13.3. The Morgan fingerprint density at radius 2 is 1.87 bits per heavy atom. The van der Waals surface area contributed by atoms with E-state index < -0.39 is 0 Å². The van der Waals surface area contributed by atoms with Crippen LogP contribution in [0.5, 0.6) is 0 Å². The summed E-state index contributed by atoms with van der Waals surface area (Å²) in [6, 6.07) is 15.3. The van der Waals surface area contributed by atoms with Crippen molar-refractivity contribution in [2.75, 3.05) is 13.6 Å². The van der Waals surface area contributed by atoms with Crippen molar-refractivity contribution in [1.82, 2.24) is 5.32 Å². The molecule has 1 unspecified atom stereocenters. The van der Waals surface area contributed by atoms with E-state index in [0.717, 1.165) is 17.0 Å². The topological polar surface area (TPSA) is 33.5 Å². The number of quaternary nitrogens is 1. The summed E-state index contributed by atoms with van der Waals surface area (Å²) >= 11 is 12.1. The van der Waals surface area contributed by atoms with Gasteiger partial charge in [-0.1, -0.05) is 59.6 Å². The number of nitrogens with one attached hydrogen (secondary N) is 2. The molecule has 0 saturated carbocycles. The van der Waals surface area contributed by atoms with Crippen molar-refractivity contribution < 1.29 is 9.69 Å². The van der Waals surface area contributed by atoms with Crippen LogP contribution in [0.3, 0.4) is 0 Å². The summed E-state index contributed by atoms with van der Waals surface area (Å²) in [7, 11) is 2.01. The van der Waals surface area contributed by atoms with Crippen LogP contribution < -0.4 is 10.2 Å². The van der Waals surface area contributed by atoms with Crippen molar-refractivity contribution >= 4 is 29.1 Å². The van der Waals surface area contributed by atoms with E-state index in [1.807, 2.05) is 38.2 Å². The van der Waals surface area contributed by atoms with Gasteiger partial charge in [-0.3, -0.25) is 4.79 Å². The maximum Gasteiger partial charge on any atom is 0.275 e. The summed E-state index contributed by atoms with van der Waals surface area (Å²) in [6.07, 6.45) is 0. The summed E-state index contributed by atoms with van der Waals surface area (Å²) in [4.78, 5) is 13.3. The van der Waals surface area contributed by atoms with Gasteiger partial charge in [0.15, 0.2) is 6.54 Å². The number of carbonyl (C=O) groups is 1. The van der Waals surface area contributed by atoms with Crippen molar-refractivity contribution in [2.45, 2.75) is 19.5 Å². The average molecular weight is 352 g/mol. The van der Waals surface area contributed by atoms with E-state index in [2.05, 4.69) is 17.4 Å². The Bertz CT molecular complexity index is 661. The van der Waals surface area contributed by atoms with Crippen molar-refractivity contribution in [2.24, 2.45) is 0 Å². The molecule has 2 N–H and O–H groups in total. The van der Waals surface area contributed by atoms with E-state index in [-0.39, 0.29) is 11.9 Å². The zero-order valence-corrected chi connectivity index (χ0v) is 14.8. The molecule has 122 valence electrons. The third-order valence-electron chi connectivity index (χ3n) is 3.62. The lowest BCUT2D eigenvalue weighted by Crippen LogP contribution is -3.08. The van der Waals surface area contributed by atoms with E-state index in [9.17, 15) is 4.79 Å². The fraction of sp³-hybridized carbons (Fsp3) is 0.278. The standard InChI is InChI=1S/C18H20Cl2N2O/c1-13(16-9-8-15(19)10-17(16)20)21-18(23)12-22(2)11-14-6-4-3-5-7-14/h3-10,13H,11-12H2,1-2H3,(H,21,23)/p+1/t13-/m1/s1. The van der Waals surface area contributed by atoms with Gasteiger partial charge in [0.25, 0.3) is 5.91 Å². The summed E-state index contributed by atoms with van der Waals surface area (Å²) in [5.74, 6) is -0.00283. The van der Waals surface area contributed by atoms with E-state index in [1.165, 1.54) is 5.56 Å². The molecule has 0 aliphatic carbocycles. The number of likely N-dealkylation sites (N-methyl/N-ethyl adjacent to an activating group) is 1. The van der Waals surface area contributed by atoms with Crippen LogP contribution in [0.25, 0.3) is 0 Å². The third kappa shape index (κ3) is 5.54. The van der Waals surface area contributed by atoms with Crippen LogP contribution in [-0.4, -0.2) is 19.5 Å². The highest BCUT2D eigenvalue weighted by Gasteiger charge is 2.16. The second kappa shape index (κ2) is 8.34. The molecule has 0 aliphatic heterocycles. The Labute approximate surface area is 147 Å². The van der Waals surface area contributed by atoms with Crippen molar-refractivity contribution in [3.8, 4) is 0 Å². The Morgan fingerprint density at radius 1 is 1.17 bits per heavy atom. The van der Waals surface area contributed by atoms with Gasteiger partial charge in [-0.2, -0.15) is 0 Å². The normalized spacial score (nSPS) is 13.4. The van der Waals surface area contributed by atoms with E-state index in [1.54, 1.807) is 12.1 Å². The molecule has 0 fully saturated rings. The highest BCUT2D eigenvalue weighted by atomic mass is 35.5. The Balaban J connectivity index is 1.88. The van der Waals surface area contributed by atoms with Crippen LogP contribution in [0, 0.1) is 0 Å². The zero-order chi connectivity index (χ0) is 16.8. The molecule has 0 saturated heterocycles. The van der Waals surface area contributed by atoms with Gasteiger partial charge in [0.05, 0.1) is 13.1 Å². The van der Waals surface area contributed by atoms with Gasteiger partial charge in [-0.05, 0) is 24.6 Å². The lowest BCUT2D eigenvalue weighted by atomic mass is 10.1. The number of hydrogen-bond donors (Lipinski definition) is 2. The molecule has 0 heterocycles. The monoisotopic (exact) mass is 351 g/mol. The van der Waals surface area contributed by atoms with Crippen LogP contribution >= 0.6 is 23.2 Å². The number of carbonyl (C=O) groups excluding carboxylic acids is 1. The first-order valence-electron chi connectivity index (χ1n) is 7.55. The minimum absolute atomic E-state index is 0.00283. The van der Waals surface area contributed by atoms with Crippen LogP contribution in [0.15, 0.2) is 48.5 Å². The van der Waals surface area contributed by atoms with Crippen molar-refractivity contribution in [3.63, 3.8) is 0 Å². The van der Waals surface area contributed by atoms with Crippen LogP contribution in [0.2, 0.25) is 10.0 Å². The first-order chi connectivity index (χ1) is 11.0. The van der Waals surface area contributed by atoms with Crippen molar-refractivity contribution in [3.05, 3.63) is 69.7 Å². The first kappa shape index (κ1) is 17.8. The predicted molar refractivity (Wildman–Crippen MR) is 94.9 cm³/mol. The number of hydrogen-bond acceptors (Lipinski definition) is 1. The molecule has 0 aromatic heterocycles. The molecular weight excluding hydrogens is 331 g/mol. The maximum atomic E-state index is 12.2. The molecule has 2 rings (SSSR count). The molecule has 23 heavy (non-hydrogen) atoms.